The maximum absolute atomic E-state index is 13.0. The molecule has 1 aliphatic carbocycles. The highest BCUT2D eigenvalue weighted by atomic mass is 19.4. The Labute approximate surface area is 124 Å². The van der Waals surface area contributed by atoms with Crippen molar-refractivity contribution in [1.29, 1.82) is 0 Å². The normalized spacial score (nSPS) is 25.8. The molecule has 4 heteroatoms. The second kappa shape index (κ2) is 5.99. The molecule has 1 N–H and O–H groups in total. The van der Waals surface area contributed by atoms with Crippen molar-refractivity contribution < 1.29 is 13.2 Å². The van der Waals surface area contributed by atoms with E-state index in [1.807, 2.05) is 0 Å². The molecular formula is C17H24F3N. The number of nitrogens with one attached hydrogen (secondary N) is 1. The molecule has 2 atom stereocenters. The minimum absolute atomic E-state index is 0.283. The molecule has 1 aliphatic rings. The zero-order valence-corrected chi connectivity index (χ0v) is 12.9. The third kappa shape index (κ3) is 4.22. The summed E-state index contributed by atoms with van der Waals surface area (Å²) in [5.74, 6) is 0.492. The van der Waals surface area contributed by atoms with Gasteiger partial charge in [0.1, 0.15) is 0 Å². The van der Waals surface area contributed by atoms with Gasteiger partial charge in [0.2, 0.25) is 0 Å². The van der Waals surface area contributed by atoms with Crippen molar-refractivity contribution in [2.45, 2.75) is 58.8 Å². The van der Waals surface area contributed by atoms with E-state index in [4.69, 9.17) is 0 Å². The van der Waals surface area contributed by atoms with E-state index < -0.39 is 11.7 Å². The van der Waals surface area contributed by atoms with Crippen LogP contribution in [0.4, 0.5) is 13.2 Å². The summed E-state index contributed by atoms with van der Waals surface area (Å²) in [5.41, 5.74) is 0.157. The molecule has 118 valence electrons. The summed E-state index contributed by atoms with van der Waals surface area (Å²) < 4.78 is 38.9. The molecule has 0 amide bonds. The van der Waals surface area contributed by atoms with E-state index in [0.717, 1.165) is 25.3 Å². The first-order valence-corrected chi connectivity index (χ1v) is 7.57. The summed E-state index contributed by atoms with van der Waals surface area (Å²) in [5, 5.41) is 3.34. The molecule has 21 heavy (non-hydrogen) atoms. The van der Waals surface area contributed by atoms with Crippen molar-refractivity contribution in [2.24, 2.45) is 11.3 Å². The standard InChI is InChI=1S/C17H24F3N/c1-12-10-16(2,3)9-8-15(12)21-11-13-6-4-5-7-14(13)17(18,19)20/h4-7,12,15,21H,8-11H2,1-3H3. The van der Waals surface area contributed by atoms with Gasteiger partial charge < -0.3 is 5.32 Å². The highest BCUT2D eigenvalue weighted by molar-refractivity contribution is 5.29. The summed E-state index contributed by atoms with van der Waals surface area (Å²) in [7, 11) is 0. The molecule has 0 spiro atoms. The maximum Gasteiger partial charge on any atom is 0.416 e. The van der Waals surface area contributed by atoms with Crippen LogP contribution in [0, 0.1) is 11.3 Å². The van der Waals surface area contributed by atoms with Crippen molar-refractivity contribution in [3.8, 4) is 0 Å². The number of halogens is 3. The Bertz CT molecular complexity index is 479. The minimum atomic E-state index is -4.28. The molecule has 2 unspecified atom stereocenters. The van der Waals surface area contributed by atoms with Crippen LogP contribution in [0.2, 0.25) is 0 Å². The molecule has 1 nitrogen and oxygen atoms in total. The molecule has 1 aromatic rings. The van der Waals surface area contributed by atoms with Crippen molar-refractivity contribution in [3.63, 3.8) is 0 Å². The first kappa shape index (κ1) is 16.3. The highest BCUT2D eigenvalue weighted by Crippen LogP contribution is 2.38. The van der Waals surface area contributed by atoms with E-state index in [2.05, 4.69) is 26.1 Å². The molecule has 0 saturated heterocycles. The Morgan fingerprint density at radius 3 is 2.52 bits per heavy atom. The molecule has 0 bridgehead atoms. The quantitative estimate of drug-likeness (QED) is 0.827. The van der Waals surface area contributed by atoms with Crippen LogP contribution in [0.3, 0.4) is 0 Å². The van der Waals surface area contributed by atoms with Crippen molar-refractivity contribution >= 4 is 0 Å². The van der Waals surface area contributed by atoms with Gasteiger partial charge >= 0.3 is 6.18 Å². The predicted molar refractivity (Wildman–Crippen MR) is 78.9 cm³/mol. The van der Waals surface area contributed by atoms with Crippen molar-refractivity contribution in [3.05, 3.63) is 35.4 Å². The van der Waals surface area contributed by atoms with Gasteiger partial charge in [-0.3, -0.25) is 0 Å². The fourth-order valence-electron chi connectivity index (χ4n) is 3.44. The third-order valence-corrected chi connectivity index (χ3v) is 4.57. The largest absolute Gasteiger partial charge is 0.416 e. The molecule has 0 heterocycles. The van der Waals surface area contributed by atoms with Crippen LogP contribution in [0.5, 0.6) is 0 Å². The minimum Gasteiger partial charge on any atom is -0.310 e. The molecule has 1 saturated carbocycles. The monoisotopic (exact) mass is 299 g/mol. The molecule has 1 aromatic carbocycles. The van der Waals surface area contributed by atoms with Gasteiger partial charge in [0.25, 0.3) is 0 Å². The number of rotatable bonds is 3. The van der Waals surface area contributed by atoms with Crippen molar-refractivity contribution in [2.75, 3.05) is 0 Å². The number of benzene rings is 1. The van der Waals surface area contributed by atoms with E-state index in [1.165, 1.54) is 6.07 Å². The summed E-state index contributed by atoms with van der Waals surface area (Å²) >= 11 is 0. The van der Waals surface area contributed by atoms with Gasteiger partial charge in [0.05, 0.1) is 5.56 Å². The molecule has 0 radical (unpaired) electrons. The van der Waals surface area contributed by atoms with Crippen LogP contribution in [0.1, 0.15) is 51.2 Å². The molecule has 1 fully saturated rings. The zero-order chi connectivity index (χ0) is 15.7. The summed E-state index contributed by atoms with van der Waals surface area (Å²) in [4.78, 5) is 0. The highest BCUT2D eigenvalue weighted by Gasteiger charge is 2.34. The average Bonchev–Trinajstić information content (AvgIpc) is 2.36. The van der Waals surface area contributed by atoms with Crippen LogP contribution < -0.4 is 5.32 Å². The first-order valence-electron chi connectivity index (χ1n) is 7.57. The number of alkyl halides is 3. The van der Waals surface area contributed by atoms with Gasteiger partial charge in [0, 0.05) is 12.6 Å². The molecule has 0 aliphatic heterocycles. The van der Waals surface area contributed by atoms with Crippen molar-refractivity contribution in [1.82, 2.24) is 5.32 Å². The fraction of sp³-hybridized carbons (Fsp3) is 0.647. The van der Waals surface area contributed by atoms with Crippen LogP contribution in [0.15, 0.2) is 24.3 Å². The maximum atomic E-state index is 13.0. The van der Waals surface area contributed by atoms with E-state index in [0.29, 0.717) is 22.9 Å². The van der Waals surface area contributed by atoms with Crippen LogP contribution in [-0.4, -0.2) is 6.04 Å². The van der Waals surface area contributed by atoms with Gasteiger partial charge in [0.15, 0.2) is 0 Å². The molecular weight excluding hydrogens is 275 g/mol. The summed E-state index contributed by atoms with van der Waals surface area (Å²) in [6, 6.07) is 6.13. The van der Waals surface area contributed by atoms with Crippen LogP contribution >= 0.6 is 0 Å². The predicted octanol–water partition coefficient (Wildman–Crippen LogP) is 5.01. The Hall–Kier alpha value is -1.03. The van der Waals surface area contributed by atoms with Gasteiger partial charge in [-0.2, -0.15) is 13.2 Å². The fourth-order valence-corrected chi connectivity index (χ4v) is 3.44. The zero-order valence-electron chi connectivity index (χ0n) is 12.9. The van der Waals surface area contributed by atoms with Gasteiger partial charge in [-0.15, -0.1) is 0 Å². The Kier molecular flexibility index (Phi) is 4.66. The Morgan fingerprint density at radius 2 is 1.90 bits per heavy atom. The SMILES string of the molecule is CC1CC(C)(C)CCC1NCc1ccccc1C(F)(F)F. The number of hydrogen-bond acceptors (Lipinski definition) is 1. The van der Waals surface area contributed by atoms with E-state index in [-0.39, 0.29) is 6.54 Å². The lowest BCUT2D eigenvalue weighted by molar-refractivity contribution is -0.138. The Balaban J connectivity index is 2.01. The second-order valence-electron chi connectivity index (χ2n) is 7.03. The smallest absolute Gasteiger partial charge is 0.310 e. The van der Waals surface area contributed by atoms with E-state index in [1.54, 1.807) is 12.1 Å². The molecule has 2 rings (SSSR count). The first-order chi connectivity index (χ1) is 9.69. The topological polar surface area (TPSA) is 12.0 Å². The average molecular weight is 299 g/mol. The van der Waals surface area contributed by atoms with Gasteiger partial charge in [-0.05, 0) is 42.2 Å². The van der Waals surface area contributed by atoms with Crippen LogP contribution in [0.25, 0.3) is 0 Å². The second-order valence-corrected chi connectivity index (χ2v) is 7.03. The lowest BCUT2D eigenvalue weighted by Crippen LogP contribution is -2.41. The Morgan fingerprint density at radius 1 is 1.24 bits per heavy atom. The summed E-state index contributed by atoms with van der Waals surface area (Å²) in [6.07, 6.45) is -1.01. The lowest BCUT2D eigenvalue weighted by atomic mass is 9.70. The van der Waals surface area contributed by atoms with E-state index >= 15 is 0 Å². The van der Waals surface area contributed by atoms with Crippen LogP contribution in [-0.2, 0) is 12.7 Å². The molecule has 0 aromatic heterocycles. The number of hydrogen-bond donors (Lipinski definition) is 1. The van der Waals surface area contributed by atoms with Gasteiger partial charge in [-0.1, -0.05) is 39.0 Å². The lowest BCUT2D eigenvalue weighted by Gasteiger charge is -2.39. The summed E-state index contributed by atoms with van der Waals surface area (Å²) in [6.45, 7) is 7.00. The van der Waals surface area contributed by atoms with Gasteiger partial charge in [-0.25, -0.2) is 0 Å². The van der Waals surface area contributed by atoms with E-state index in [9.17, 15) is 13.2 Å². The third-order valence-electron chi connectivity index (χ3n) is 4.57.